The zero-order chi connectivity index (χ0) is 12.7. The lowest BCUT2D eigenvalue weighted by Crippen LogP contribution is -2.01. The second-order valence-corrected chi connectivity index (χ2v) is 5.08. The summed E-state index contributed by atoms with van der Waals surface area (Å²) in [5, 5.41) is 0. The molecule has 0 aliphatic rings. The minimum absolute atomic E-state index is 0.603. The molecule has 0 bridgehead atoms. The quantitative estimate of drug-likeness (QED) is 0.589. The molecule has 0 N–H and O–H groups in total. The fraction of sp³-hybridized carbons (Fsp3) is 0.412. The van der Waals surface area contributed by atoms with Gasteiger partial charge in [-0.05, 0) is 44.6 Å². The van der Waals surface area contributed by atoms with Gasteiger partial charge in [0.05, 0.1) is 0 Å². The van der Waals surface area contributed by atoms with Crippen LogP contribution < -0.4 is 0 Å². The van der Waals surface area contributed by atoms with Crippen molar-refractivity contribution in [1.29, 1.82) is 0 Å². The molecule has 0 heterocycles. The molecule has 0 spiro atoms. The topological polar surface area (TPSA) is 0 Å². The van der Waals surface area contributed by atoms with Crippen molar-refractivity contribution in [1.82, 2.24) is 0 Å². The van der Waals surface area contributed by atoms with Gasteiger partial charge in [-0.15, -0.1) is 0 Å². The van der Waals surface area contributed by atoms with Crippen LogP contribution in [0.5, 0.6) is 0 Å². The average molecular weight is 228 g/mol. The van der Waals surface area contributed by atoms with E-state index in [1.54, 1.807) is 0 Å². The summed E-state index contributed by atoms with van der Waals surface area (Å²) < 4.78 is 0. The second-order valence-electron chi connectivity index (χ2n) is 5.08. The molecule has 0 saturated carbocycles. The Hall–Kier alpha value is -1.30. The Kier molecular flexibility index (Phi) is 5.76. The van der Waals surface area contributed by atoms with E-state index in [4.69, 9.17) is 0 Å². The van der Waals surface area contributed by atoms with Gasteiger partial charge in [0.1, 0.15) is 0 Å². The summed E-state index contributed by atoms with van der Waals surface area (Å²) >= 11 is 0. The normalized spacial score (nSPS) is 11.9. The molecular formula is C17H24. The maximum atomic E-state index is 4.23. The first kappa shape index (κ1) is 13.8. The van der Waals surface area contributed by atoms with Crippen molar-refractivity contribution in [3.05, 3.63) is 59.7 Å². The van der Waals surface area contributed by atoms with E-state index in [1.165, 1.54) is 23.1 Å². The Morgan fingerprint density at radius 1 is 1.24 bits per heavy atom. The Morgan fingerprint density at radius 3 is 2.47 bits per heavy atom. The molecule has 1 rings (SSSR count). The number of hydrogen-bond acceptors (Lipinski definition) is 0. The van der Waals surface area contributed by atoms with E-state index < -0.39 is 0 Å². The highest BCUT2D eigenvalue weighted by molar-refractivity contribution is 5.21. The van der Waals surface area contributed by atoms with Gasteiger partial charge in [0.25, 0.3) is 0 Å². The van der Waals surface area contributed by atoms with Crippen LogP contribution in [0.1, 0.15) is 39.2 Å². The van der Waals surface area contributed by atoms with Crippen LogP contribution in [0.4, 0.5) is 0 Å². The van der Waals surface area contributed by atoms with Crippen molar-refractivity contribution in [3.63, 3.8) is 0 Å². The molecule has 0 heteroatoms. The van der Waals surface area contributed by atoms with Crippen molar-refractivity contribution in [2.45, 2.75) is 40.0 Å². The summed E-state index contributed by atoms with van der Waals surface area (Å²) in [6, 6.07) is 10.6. The predicted octanol–water partition coefficient (Wildman–Crippen LogP) is 5.17. The molecule has 1 aromatic rings. The molecule has 0 saturated heterocycles. The highest BCUT2D eigenvalue weighted by Crippen LogP contribution is 2.19. The van der Waals surface area contributed by atoms with Gasteiger partial charge in [-0.25, -0.2) is 0 Å². The molecule has 0 aliphatic heterocycles. The van der Waals surface area contributed by atoms with Gasteiger partial charge in [0, 0.05) is 0 Å². The lowest BCUT2D eigenvalue weighted by Gasteiger charge is -2.14. The van der Waals surface area contributed by atoms with E-state index in [0.29, 0.717) is 5.92 Å². The van der Waals surface area contributed by atoms with Crippen molar-refractivity contribution in [3.8, 4) is 0 Å². The zero-order valence-corrected chi connectivity index (χ0v) is 11.4. The first-order valence-electron chi connectivity index (χ1n) is 6.44. The third-order valence-electron chi connectivity index (χ3n) is 3.12. The van der Waals surface area contributed by atoms with Gasteiger partial charge in [-0.2, -0.15) is 0 Å². The molecular weight excluding hydrogens is 204 g/mol. The van der Waals surface area contributed by atoms with Gasteiger partial charge in [0.2, 0.25) is 0 Å². The Bertz CT molecular complexity index is 366. The van der Waals surface area contributed by atoms with E-state index >= 15 is 0 Å². The average Bonchev–Trinajstić information content (AvgIpc) is 2.29. The Morgan fingerprint density at radius 2 is 1.88 bits per heavy atom. The lowest BCUT2D eigenvalue weighted by atomic mass is 9.92. The minimum Gasteiger partial charge on any atom is -0.0993 e. The summed E-state index contributed by atoms with van der Waals surface area (Å²) in [6.07, 6.45) is 5.69. The van der Waals surface area contributed by atoms with Crippen molar-refractivity contribution >= 4 is 0 Å². The molecule has 0 nitrogen and oxygen atoms in total. The zero-order valence-electron chi connectivity index (χ0n) is 11.4. The largest absolute Gasteiger partial charge is 0.0993 e. The maximum Gasteiger partial charge on any atom is -0.00671 e. The van der Waals surface area contributed by atoms with Gasteiger partial charge >= 0.3 is 0 Å². The molecule has 0 aromatic heterocycles. The number of allylic oxidation sites excluding steroid dienone is 3. The van der Waals surface area contributed by atoms with Crippen LogP contribution in [0.15, 0.2) is 54.1 Å². The van der Waals surface area contributed by atoms with E-state index in [0.717, 1.165) is 12.8 Å². The van der Waals surface area contributed by atoms with Gasteiger partial charge in [-0.3, -0.25) is 0 Å². The molecule has 1 aromatic carbocycles. The summed E-state index contributed by atoms with van der Waals surface area (Å²) in [7, 11) is 0. The molecule has 0 fully saturated rings. The highest BCUT2D eigenvalue weighted by atomic mass is 14.1. The van der Waals surface area contributed by atoms with E-state index in [1.807, 2.05) is 0 Å². The third kappa shape index (κ3) is 5.53. The summed E-state index contributed by atoms with van der Waals surface area (Å²) in [4.78, 5) is 0. The van der Waals surface area contributed by atoms with Crippen LogP contribution in [-0.4, -0.2) is 0 Å². The molecule has 17 heavy (non-hydrogen) atoms. The van der Waals surface area contributed by atoms with Gasteiger partial charge in [0.15, 0.2) is 0 Å². The standard InChI is InChI=1S/C17H24/c1-14(2)9-8-10-15(3)16(4)13-17-11-6-5-7-12-17/h5-7,9,11-12,15H,4,8,10,13H2,1-3H3. The fourth-order valence-corrected chi connectivity index (χ4v) is 1.86. The van der Waals surface area contributed by atoms with Crippen LogP contribution in [0, 0.1) is 5.92 Å². The smallest absolute Gasteiger partial charge is 0.00671 e. The Balaban J connectivity index is 2.40. The minimum atomic E-state index is 0.603. The van der Waals surface area contributed by atoms with Crippen molar-refractivity contribution in [2.24, 2.45) is 5.92 Å². The number of benzene rings is 1. The summed E-state index contributed by atoms with van der Waals surface area (Å²) in [5.74, 6) is 0.603. The first-order valence-corrected chi connectivity index (χ1v) is 6.44. The molecule has 1 atom stereocenters. The maximum absolute atomic E-state index is 4.23. The van der Waals surface area contributed by atoms with Gasteiger partial charge in [-0.1, -0.05) is 61.1 Å². The van der Waals surface area contributed by atoms with Crippen LogP contribution in [-0.2, 0) is 6.42 Å². The third-order valence-corrected chi connectivity index (χ3v) is 3.12. The van der Waals surface area contributed by atoms with Crippen LogP contribution in [0.2, 0.25) is 0 Å². The lowest BCUT2D eigenvalue weighted by molar-refractivity contribution is 0.609. The van der Waals surface area contributed by atoms with Crippen LogP contribution >= 0.6 is 0 Å². The van der Waals surface area contributed by atoms with E-state index in [2.05, 4.69) is 63.8 Å². The van der Waals surface area contributed by atoms with E-state index in [-0.39, 0.29) is 0 Å². The predicted molar refractivity (Wildman–Crippen MR) is 77.1 cm³/mol. The monoisotopic (exact) mass is 228 g/mol. The molecule has 1 unspecified atom stereocenters. The van der Waals surface area contributed by atoms with E-state index in [9.17, 15) is 0 Å². The molecule has 0 amide bonds. The number of hydrogen-bond donors (Lipinski definition) is 0. The van der Waals surface area contributed by atoms with Crippen LogP contribution in [0.25, 0.3) is 0 Å². The molecule has 0 radical (unpaired) electrons. The summed E-state index contributed by atoms with van der Waals surface area (Å²) in [6.45, 7) is 10.8. The Labute approximate surface area is 106 Å². The molecule has 0 aliphatic carbocycles. The summed E-state index contributed by atoms with van der Waals surface area (Å²) in [5.41, 5.74) is 4.12. The second kappa shape index (κ2) is 7.11. The highest BCUT2D eigenvalue weighted by Gasteiger charge is 2.06. The number of rotatable bonds is 6. The van der Waals surface area contributed by atoms with Crippen LogP contribution in [0.3, 0.4) is 0 Å². The molecule has 92 valence electrons. The SMILES string of the molecule is C=C(Cc1ccccc1)C(C)CCC=C(C)C. The first-order chi connectivity index (χ1) is 8.09. The van der Waals surface area contributed by atoms with Crippen molar-refractivity contribution in [2.75, 3.05) is 0 Å². The van der Waals surface area contributed by atoms with Crippen molar-refractivity contribution < 1.29 is 0 Å². The van der Waals surface area contributed by atoms with Gasteiger partial charge < -0.3 is 0 Å². The fourth-order valence-electron chi connectivity index (χ4n) is 1.86.